The number of halogens is 6. The van der Waals surface area contributed by atoms with Crippen molar-refractivity contribution < 1.29 is 47.7 Å². The highest BCUT2D eigenvalue weighted by molar-refractivity contribution is 8.13. The Labute approximate surface area is 187 Å². The highest BCUT2D eigenvalue weighted by Crippen LogP contribution is 2.36. The van der Waals surface area contributed by atoms with Gasteiger partial charge in [0.1, 0.15) is 12.4 Å². The van der Waals surface area contributed by atoms with E-state index in [0.29, 0.717) is 0 Å². The second-order valence-corrected chi connectivity index (χ2v) is 9.92. The van der Waals surface area contributed by atoms with Gasteiger partial charge in [-0.3, -0.25) is 0 Å². The average molecular weight is 525 g/mol. The monoisotopic (exact) mass is 524 g/mol. The summed E-state index contributed by atoms with van der Waals surface area (Å²) in [7, 11) is -13.4. The number of sulfonamides is 2. The van der Waals surface area contributed by atoms with E-state index in [1.807, 2.05) is 12.3 Å². The molecule has 0 saturated heterocycles. The Morgan fingerprint density at radius 3 is 1.97 bits per heavy atom. The molecule has 16 heteroatoms. The van der Waals surface area contributed by atoms with Crippen LogP contribution in [0.25, 0.3) is 15.6 Å². The van der Waals surface area contributed by atoms with Gasteiger partial charge >= 0.3 is 16.8 Å². The molecule has 0 spiro atoms. The molecule has 188 valence electrons. The Morgan fingerprint density at radius 1 is 0.970 bits per heavy atom. The van der Waals surface area contributed by atoms with Gasteiger partial charge in [-0.05, 0) is 25.0 Å². The molecule has 8 nitrogen and oxygen atoms in total. The lowest BCUT2D eigenvalue weighted by molar-refractivity contribution is -0.685. The lowest BCUT2D eigenvalue weighted by atomic mass is 10.3. The summed E-state index contributed by atoms with van der Waals surface area (Å²) in [6, 6.07) is 6.10. The third-order valence-corrected chi connectivity index (χ3v) is 6.60. The highest BCUT2D eigenvalue weighted by Gasteiger charge is 2.46. The predicted molar refractivity (Wildman–Crippen MR) is 106 cm³/mol. The number of nitrogens with zero attached hydrogens (tertiary/aromatic N) is 4. The van der Waals surface area contributed by atoms with E-state index in [9.17, 15) is 43.2 Å². The van der Waals surface area contributed by atoms with Gasteiger partial charge in [0.05, 0.1) is 13.1 Å². The predicted octanol–water partition coefficient (Wildman–Crippen LogP) is 4.11. The number of imidazole rings is 1. The van der Waals surface area contributed by atoms with Crippen molar-refractivity contribution in [2.75, 3.05) is 0 Å². The average Bonchev–Trinajstić information content (AvgIpc) is 3.08. The first-order chi connectivity index (χ1) is 15.1. The van der Waals surface area contributed by atoms with E-state index in [1.165, 1.54) is 18.7 Å². The Morgan fingerprint density at radius 2 is 1.55 bits per heavy atom. The summed E-state index contributed by atoms with van der Waals surface area (Å²) in [5.41, 5.74) is -11.3. The van der Waals surface area contributed by atoms with E-state index in [4.69, 9.17) is 0 Å². The van der Waals surface area contributed by atoms with Gasteiger partial charge in [0.15, 0.2) is 25.7 Å². The standard InChI is InChI=1S/C15H22N3.C2F6NO4S2/c1-3-5-11-18-13-12-17(10-4-2)15(18)14-8-6-7-9-16-14;3-1(4,5)14(10,11)9-15(12,13)2(6,7)8/h6-9,12-13H,3-5,10-11H2,1-2H3;/q+1;-1. The zero-order valence-electron chi connectivity index (χ0n) is 17.5. The largest absolute Gasteiger partial charge is 0.480 e. The minimum atomic E-state index is -6.72. The lowest BCUT2D eigenvalue weighted by Crippen LogP contribution is -2.34. The number of hydrogen-bond donors (Lipinski definition) is 0. The molecule has 0 aliphatic heterocycles. The Bertz CT molecular complexity index is 1060. The normalized spacial score (nSPS) is 12.8. The second kappa shape index (κ2) is 11.3. The van der Waals surface area contributed by atoms with Crippen molar-refractivity contribution in [3.8, 4) is 11.5 Å². The van der Waals surface area contributed by atoms with Gasteiger partial charge in [0.2, 0.25) is 0 Å². The van der Waals surface area contributed by atoms with E-state index in [-0.39, 0.29) is 0 Å². The van der Waals surface area contributed by atoms with Crippen LogP contribution >= 0.6 is 0 Å². The Hall–Kier alpha value is -2.20. The van der Waals surface area contributed by atoms with Crippen LogP contribution in [0.1, 0.15) is 33.1 Å². The number of hydrogen-bond acceptors (Lipinski definition) is 5. The molecule has 0 unspecified atom stereocenters. The van der Waals surface area contributed by atoms with Gasteiger partial charge in [-0.2, -0.15) is 26.3 Å². The minimum Gasteiger partial charge on any atom is -0.421 e. The number of pyridine rings is 1. The van der Waals surface area contributed by atoms with Gasteiger partial charge in [0.25, 0.3) is 0 Å². The first kappa shape index (κ1) is 28.8. The van der Waals surface area contributed by atoms with Crippen molar-refractivity contribution in [1.29, 1.82) is 0 Å². The number of aromatic nitrogens is 3. The fraction of sp³-hybridized carbons (Fsp3) is 0.529. The molecule has 0 radical (unpaired) electrons. The van der Waals surface area contributed by atoms with E-state index in [2.05, 4.69) is 52.5 Å². The molecule has 0 aliphatic carbocycles. The first-order valence-electron chi connectivity index (χ1n) is 9.44. The van der Waals surface area contributed by atoms with Crippen molar-refractivity contribution in [3.63, 3.8) is 0 Å². The van der Waals surface area contributed by atoms with Gasteiger partial charge in [0, 0.05) is 6.20 Å². The van der Waals surface area contributed by atoms with Crippen molar-refractivity contribution in [1.82, 2.24) is 9.55 Å². The fourth-order valence-electron chi connectivity index (χ4n) is 2.40. The summed E-state index contributed by atoms with van der Waals surface area (Å²) < 4.78 is 114. The lowest BCUT2D eigenvalue weighted by Gasteiger charge is -2.22. The molecule has 0 bridgehead atoms. The van der Waals surface area contributed by atoms with Crippen molar-refractivity contribution in [2.24, 2.45) is 0 Å². The molecule has 2 aromatic heterocycles. The molecule has 0 aliphatic rings. The maximum absolute atomic E-state index is 11.4. The SMILES string of the molecule is CCCCn1cc[n+](CCC)c1-c1ccccn1.O=S(=O)([N-]S(=O)(=O)C(F)(F)F)C(F)(F)F. The summed E-state index contributed by atoms with van der Waals surface area (Å²) in [5.74, 6) is 1.23. The smallest absolute Gasteiger partial charge is 0.421 e. The minimum absolute atomic E-state index is 0.778. The van der Waals surface area contributed by atoms with Crippen molar-refractivity contribution in [3.05, 3.63) is 40.9 Å². The molecule has 33 heavy (non-hydrogen) atoms. The van der Waals surface area contributed by atoms with Gasteiger partial charge in [-0.15, -0.1) is 0 Å². The van der Waals surface area contributed by atoms with Crippen LogP contribution < -0.4 is 4.57 Å². The number of rotatable bonds is 8. The van der Waals surface area contributed by atoms with E-state index in [1.54, 1.807) is 0 Å². The zero-order chi connectivity index (χ0) is 25.5. The van der Waals surface area contributed by atoms with Crippen LogP contribution in [0.5, 0.6) is 0 Å². The van der Waals surface area contributed by atoms with E-state index >= 15 is 0 Å². The molecule has 2 aromatic rings. The van der Waals surface area contributed by atoms with Crippen LogP contribution in [0.3, 0.4) is 0 Å². The van der Waals surface area contributed by atoms with Crippen LogP contribution in [0.2, 0.25) is 0 Å². The van der Waals surface area contributed by atoms with Crippen LogP contribution in [0.4, 0.5) is 26.3 Å². The number of alkyl halides is 6. The summed E-state index contributed by atoms with van der Waals surface area (Å²) in [4.78, 5) is 4.49. The van der Waals surface area contributed by atoms with Gasteiger partial charge < -0.3 is 4.13 Å². The quantitative estimate of drug-likeness (QED) is 0.382. The fourth-order valence-corrected chi connectivity index (χ4v) is 4.11. The molecule has 0 amide bonds. The molecular formula is C17H22F6N4O4S2. The van der Waals surface area contributed by atoms with Crippen LogP contribution in [0.15, 0.2) is 36.8 Å². The second-order valence-electron chi connectivity index (χ2n) is 6.49. The van der Waals surface area contributed by atoms with Crippen LogP contribution in [0, 0.1) is 0 Å². The van der Waals surface area contributed by atoms with Crippen molar-refractivity contribution >= 4 is 20.0 Å². The third-order valence-electron chi connectivity index (χ3n) is 3.86. The molecule has 0 fully saturated rings. The molecular weight excluding hydrogens is 502 g/mol. The maximum Gasteiger partial charge on any atom is 0.480 e. The maximum atomic E-state index is 11.4. The number of aryl methyl sites for hydroxylation is 2. The van der Waals surface area contributed by atoms with Gasteiger partial charge in [-0.1, -0.05) is 26.3 Å². The van der Waals surface area contributed by atoms with Crippen molar-refractivity contribution in [2.45, 2.75) is 57.2 Å². The van der Waals surface area contributed by atoms with Gasteiger partial charge in [-0.25, -0.2) is 31.0 Å². The molecule has 2 heterocycles. The topological polar surface area (TPSA) is 104 Å². The molecule has 0 N–H and O–H groups in total. The first-order valence-corrected chi connectivity index (χ1v) is 12.3. The third kappa shape index (κ3) is 7.96. The van der Waals surface area contributed by atoms with E-state index in [0.717, 1.165) is 29.3 Å². The summed E-state index contributed by atoms with van der Waals surface area (Å²) in [6.07, 6.45) is 9.78. The summed E-state index contributed by atoms with van der Waals surface area (Å²) in [6.45, 7) is 6.55. The molecule has 0 aromatic carbocycles. The Kier molecular flexibility index (Phi) is 9.86. The highest BCUT2D eigenvalue weighted by atomic mass is 32.3. The van der Waals surface area contributed by atoms with Crippen LogP contribution in [-0.4, -0.2) is 37.4 Å². The van der Waals surface area contributed by atoms with Crippen LogP contribution in [-0.2, 0) is 33.1 Å². The molecule has 0 saturated carbocycles. The molecule has 0 atom stereocenters. The zero-order valence-corrected chi connectivity index (χ0v) is 19.1. The molecule has 2 rings (SSSR count). The summed E-state index contributed by atoms with van der Waals surface area (Å²) >= 11 is 0. The summed E-state index contributed by atoms with van der Waals surface area (Å²) in [5, 5.41) is 0. The number of unbranched alkanes of at least 4 members (excludes halogenated alkanes) is 1. The Balaban J connectivity index is 0.000000337. The van der Waals surface area contributed by atoms with E-state index < -0.39 is 31.1 Å².